The summed E-state index contributed by atoms with van der Waals surface area (Å²) in [5.74, 6) is 0. The van der Waals surface area contributed by atoms with Crippen molar-refractivity contribution in [2.45, 2.75) is 53.0 Å². The normalized spacial score (nSPS) is 12.1. The van der Waals surface area contributed by atoms with Gasteiger partial charge in [0.25, 0.3) is 0 Å². The Labute approximate surface area is 81.8 Å². The number of rotatable bonds is 2. The molecule has 13 heavy (non-hydrogen) atoms. The third kappa shape index (κ3) is 1.96. The van der Waals surface area contributed by atoms with Crippen LogP contribution in [0, 0.1) is 0 Å². The molecule has 1 aromatic rings. The summed E-state index contributed by atoms with van der Waals surface area (Å²) < 4.78 is 2.47. The molecule has 0 bridgehead atoms. The van der Waals surface area contributed by atoms with Crippen molar-refractivity contribution in [2.24, 2.45) is 0 Å². The van der Waals surface area contributed by atoms with Crippen molar-refractivity contribution in [3.05, 3.63) is 23.5 Å². The van der Waals surface area contributed by atoms with Gasteiger partial charge in [0.05, 0.1) is 0 Å². The fourth-order valence-corrected chi connectivity index (χ4v) is 1.94. The highest BCUT2D eigenvalue weighted by Crippen LogP contribution is 2.22. The van der Waals surface area contributed by atoms with Crippen molar-refractivity contribution in [3.63, 3.8) is 0 Å². The molecule has 0 aliphatic rings. The lowest BCUT2D eigenvalue weighted by Crippen LogP contribution is -2.25. The third-order valence-corrected chi connectivity index (χ3v) is 2.44. The van der Waals surface area contributed by atoms with E-state index in [1.165, 1.54) is 11.4 Å². The molecule has 0 fully saturated rings. The van der Waals surface area contributed by atoms with Crippen LogP contribution in [0.1, 0.15) is 46.0 Å². The zero-order valence-electron chi connectivity index (χ0n) is 9.52. The molecule has 1 heteroatoms. The third-order valence-electron chi connectivity index (χ3n) is 2.44. The molecular formula is C12H21N. The van der Waals surface area contributed by atoms with E-state index >= 15 is 0 Å². The lowest BCUT2D eigenvalue weighted by atomic mass is 10.1. The maximum atomic E-state index is 2.47. The second-order valence-corrected chi connectivity index (χ2v) is 4.53. The van der Waals surface area contributed by atoms with Gasteiger partial charge in [0.15, 0.2) is 0 Å². The van der Waals surface area contributed by atoms with Gasteiger partial charge in [0.1, 0.15) is 0 Å². The van der Waals surface area contributed by atoms with Crippen LogP contribution < -0.4 is 0 Å². The van der Waals surface area contributed by atoms with E-state index in [-0.39, 0.29) is 5.54 Å². The number of aryl methyl sites for hydroxylation is 2. The minimum absolute atomic E-state index is 0.222. The molecule has 0 saturated carbocycles. The maximum Gasteiger partial charge on any atom is 0.0360 e. The average molecular weight is 179 g/mol. The van der Waals surface area contributed by atoms with E-state index in [1.54, 1.807) is 0 Å². The Morgan fingerprint density at radius 2 is 1.38 bits per heavy atom. The largest absolute Gasteiger partial charge is 0.343 e. The number of nitrogens with zero attached hydrogens (tertiary/aromatic N) is 1. The van der Waals surface area contributed by atoms with Gasteiger partial charge in [-0.25, -0.2) is 0 Å². The van der Waals surface area contributed by atoms with Gasteiger partial charge in [-0.1, -0.05) is 13.8 Å². The second kappa shape index (κ2) is 3.57. The van der Waals surface area contributed by atoms with Gasteiger partial charge in [-0.3, -0.25) is 0 Å². The summed E-state index contributed by atoms with van der Waals surface area (Å²) in [7, 11) is 0. The Hall–Kier alpha value is -0.720. The van der Waals surface area contributed by atoms with Gasteiger partial charge in [0.2, 0.25) is 0 Å². The van der Waals surface area contributed by atoms with Gasteiger partial charge in [-0.05, 0) is 45.7 Å². The van der Waals surface area contributed by atoms with Gasteiger partial charge >= 0.3 is 0 Å². The first-order valence-corrected chi connectivity index (χ1v) is 5.20. The monoisotopic (exact) mass is 179 g/mol. The lowest BCUT2D eigenvalue weighted by Gasteiger charge is -2.27. The summed E-state index contributed by atoms with van der Waals surface area (Å²) in [6, 6.07) is 4.51. The van der Waals surface area contributed by atoms with Gasteiger partial charge < -0.3 is 4.57 Å². The van der Waals surface area contributed by atoms with Crippen molar-refractivity contribution in [1.29, 1.82) is 0 Å². The molecule has 0 aliphatic heterocycles. The van der Waals surface area contributed by atoms with E-state index in [4.69, 9.17) is 0 Å². The first kappa shape index (κ1) is 10.4. The molecule has 1 nitrogen and oxygen atoms in total. The van der Waals surface area contributed by atoms with Crippen LogP contribution in [0.15, 0.2) is 12.1 Å². The van der Waals surface area contributed by atoms with Crippen molar-refractivity contribution < 1.29 is 0 Å². The summed E-state index contributed by atoms with van der Waals surface area (Å²) in [6.07, 6.45) is 2.24. The first-order valence-electron chi connectivity index (χ1n) is 5.20. The molecule has 0 aliphatic carbocycles. The van der Waals surface area contributed by atoms with E-state index in [0.29, 0.717) is 0 Å². The fourth-order valence-electron chi connectivity index (χ4n) is 1.94. The van der Waals surface area contributed by atoms with E-state index < -0.39 is 0 Å². The predicted molar refractivity (Wildman–Crippen MR) is 58.2 cm³/mol. The highest BCUT2D eigenvalue weighted by Gasteiger charge is 2.17. The molecule has 0 N–H and O–H groups in total. The fraction of sp³-hybridized carbons (Fsp3) is 0.667. The Bertz CT molecular complexity index is 254. The van der Waals surface area contributed by atoms with Crippen LogP contribution >= 0.6 is 0 Å². The molecule has 0 unspecified atom stereocenters. The van der Waals surface area contributed by atoms with E-state index in [0.717, 1.165) is 12.8 Å². The highest BCUT2D eigenvalue weighted by atomic mass is 15.1. The average Bonchev–Trinajstić information content (AvgIpc) is 2.45. The number of hydrogen-bond acceptors (Lipinski definition) is 0. The molecule has 74 valence electrons. The summed E-state index contributed by atoms with van der Waals surface area (Å²) in [4.78, 5) is 0. The maximum absolute atomic E-state index is 2.47. The van der Waals surface area contributed by atoms with E-state index in [9.17, 15) is 0 Å². The minimum Gasteiger partial charge on any atom is -0.343 e. The SMILES string of the molecule is CCc1ccc(CC)n1C(C)(C)C. The molecule has 1 aromatic heterocycles. The van der Waals surface area contributed by atoms with Crippen molar-refractivity contribution in [3.8, 4) is 0 Å². The molecule has 1 heterocycles. The summed E-state index contributed by atoms with van der Waals surface area (Å²) >= 11 is 0. The first-order chi connectivity index (χ1) is 6.00. The molecular weight excluding hydrogens is 158 g/mol. The van der Waals surface area contributed by atoms with Crippen LogP contribution in [0.2, 0.25) is 0 Å². The van der Waals surface area contributed by atoms with Crippen molar-refractivity contribution in [2.75, 3.05) is 0 Å². The van der Waals surface area contributed by atoms with Crippen LogP contribution in [-0.2, 0) is 18.4 Å². The molecule has 0 amide bonds. The summed E-state index contributed by atoms with van der Waals surface area (Å²) in [6.45, 7) is 11.2. The van der Waals surface area contributed by atoms with Gasteiger partial charge in [-0.2, -0.15) is 0 Å². The minimum atomic E-state index is 0.222. The van der Waals surface area contributed by atoms with Crippen LogP contribution in [0.4, 0.5) is 0 Å². The Balaban J connectivity index is 3.20. The second-order valence-electron chi connectivity index (χ2n) is 4.53. The molecule has 0 atom stereocenters. The van der Waals surface area contributed by atoms with E-state index in [1.807, 2.05) is 0 Å². The zero-order valence-corrected chi connectivity index (χ0v) is 9.52. The topological polar surface area (TPSA) is 4.93 Å². The number of aromatic nitrogens is 1. The van der Waals surface area contributed by atoms with Crippen LogP contribution in [0.25, 0.3) is 0 Å². The standard InChI is InChI=1S/C12H21N/c1-6-10-8-9-11(7-2)13(10)12(3,4)5/h8-9H,6-7H2,1-5H3. The molecule has 0 saturated heterocycles. The predicted octanol–water partition coefficient (Wildman–Crippen LogP) is 3.37. The molecule has 0 spiro atoms. The highest BCUT2D eigenvalue weighted by molar-refractivity contribution is 5.18. The zero-order chi connectivity index (χ0) is 10.1. The van der Waals surface area contributed by atoms with Crippen LogP contribution in [0.5, 0.6) is 0 Å². The lowest BCUT2D eigenvalue weighted by molar-refractivity contribution is 0.375. The molecule has 0 radical (unpaired) electrons. The van der Waals surface area contributed by atoms with Gasteiger partial charge in [-0.15, -0.1) is 0 Å². The molecule has 1 rings (SSSR count). The Morgan fingerprint density at radius 3 is 1.62 bits per heavy atom. The summed E-state index contributed by atoms with van der Waals surface area (Å²) in [5.41, 5.74) is 3.12. The van der Waals surface area contributed by atoms with Crippen LogP contribution in [0.3, 0.4) is 0 Å². The van der Waals surface area contributed by atoms with Crippen LogP contribution in [-0.4, -0.2) is 4.57 Å². The van der Waals surface area contributed by atoms with Crippen molar-refractivity contribution in [1.82, 2.24) is 4.57 Å². The van der Waals surface area contributed by atoms with Gasteiger partial charge in [0, 0.05) is 16.9 Å². The Kier molecular flexibility index (Phi) is 2.84. The smallest absolute Gasteiger partial charge is 0.0360 e. The molecule has 0 aromatic carbocycles. The number of hydrogen-bond donors (Lipinski definition) is 0. The summed E-state index contributed by atoms with van der Waals surface area (Å²) in [5, 5.41) is 0. The Morgan fingerprint density at radius 1 is 1.00 bits per heavy atom. The quantitative estimate of drug-likeness (QED) is 0.656. The van der Waals surface area contributed by atoms with Crippen molar-refractivity contribution >= 4 is 0 Å². The van der Waals surface area contributed by atoms with E-state index in [2.05, 4.69) is 51.3 Å².